The maximum Gasteiger partial charge on any atom is 0.356 e. The van der Waals surface area contributed by atoms with Gasteiger partial charge in [0.15, 0.2) is 5.75 Å². The maximum absolute atomic E-state index is 11.7. The van der Waals surface area contributed by atoms with E-state index in [1.165, 1.54) is 22.9 Å². The van der Waals surface area contributed by atoms with Gasteiger partial charge >= 0.3 is 5.97 Å². The van der Waals surface area contributed by atoms with Crippen LogP contribution < -0.4 is 5.43 Å². The number of carbonyl (C=O) groups is 1. The zero-order valence-corrected chi connectivity index (χ0v) is 11.2. The Labute approximate surface area is 115 Å². The minimum Gasteiger partial charge on any atom is -0.504 e. The normalized spacial score (nSPS) is 10.3. The molecule has 0 amide bonds. The van der Waals surface area contributed by atoms with Crippen LogP contribution in [0.25, 0.3) is 11.3 Å². The van der Waals surface area contributed by atoms with E-state index in [0.29, 0.717) is 5.69 Å². The zero-order chi connectivity index (χ0) is 14.7. The maximum atomic E-state index is 11.7. The molecule has 20 heavy (non-hydrogen) atoms. The molecular formula is C14H14N2O4. The molecule has 2 rings (SSSR count). The average molecular weight is 274 g/mol. The summed E-state index contributed by atoms with van der Waals surface area (Å²) in [7, 11) is 1.59. The summed E-state index contributed by atoms with van der Waals surface area (Å²) in [4.78, 5) is 23.3. The van der Waals surface area contributed by atoms with Crippen LogP contribution in [-0.4, -0.2) is 27.5 Å². The Morgan fingerprint density at radius 3 is 2.80 bits per heavy atom. The minimum atomic E-state index is -0.506. The molecular weight excluding hydrogens is 260 g/mol. The fourth-order valence-corrected chi connectivity index (χ4v) is 1.79. The lowest BCUT2D eigenvalue weighted by Crippen LogP contribution is -2.10. The Balaban J connectivity index is 2.54. The summed E-state index contributed by atoms with van der Waals surface area (Å²) in [5.41, 5.74) is 0.348. The molecule has 0 aliphatic carbocycles. The highest BCUT2D eigenvalue weighted by atomic mass is 16.5. The number of hydrogen-bond donors (Lipinski definition) is 1. The van der Waals surface area contributed by atoms with Crippen molar-refractivity contribution in [2.24, 2.45) is 7.05 Å². The van der Waals surface area contributed by atoms with Gasteiger partial charge in [0.25, 0.3) is 0 Å². The van der Waals surface area contributed by atoms with Crippen LogP contribution in [0.2, 0.25) is 0 Å². The van der Waals surface area contributed by atoms with Crippen LogP contribution in [0.5, 0.6) is 5.75 Å². The van der Waals surface area contributed by atoms with Crippen LogP contribution in [0.15, 0.2) is 35.1 Å². The number of aromatic hydroxyl groups is 1. The lowest BCUT2D eigenvalue weighted by molar-refractivity contribution is 0.0513. The number of hydrogen-bond acceptors (Lipinski definition) is 5. The summed E-state index contributed by atoms with van der Waals surface area (Å²) in [6.45, 7) is 1.97. The van der Waals surface area contributed by atoms with Crippen molar-refractivity contribution in [3.63, 3.8) is 0 Å². The van der Waals surface area contributed by atoms with E-state index in [9.17, 15) is 14.7 Å². The van der Waals surface area contributed by atoms with E-state index >= 15 is 0 Å². The first kappa shape index (κ1) is 13.8. The highest BCUT2D eigenvalue weighted by Crippen LogP contribution is 2.24. The van der Waals surface area contributed by atoms with Gasteiger partial charge < -0.3 is 9.84 Å². The van der Waals surface area contributed by atoms with E-state index in [-0.39, 0.29) is 17.9 Å². The van der Waals surface area contributed by atoms with Crippen molar-refractivity contribution in [1.29, 1.82) is 0 Å². The molecule has 0 radical (unpaired) electrons. The van der Waals surface area contributed by atoms with Crippen LogP contribution in [-0.2, 0) is 11.8 Å². The second-order valence-corrected chi connectivity index (χ2v) is 4.10. The van der Waals surface area contributed by atoms with Gasteiger partial charge in [-0.25, -0.2) is 4.79 Å². The Hall–Kier alpha value is -2.63. The third kappa shape index (κ3) is 2.54. The molecule has 1 heterocycles. The summed E-state index contributed by atoms with van der Waals surface area (Å²) in [5, 5.41) is 14.0. The summed E-state index contributed by atoms with van der Waals surface area (Å²) < 4.78 is 6.26. The molecule has 0 unspecified atom stereocenters. The molecule has 6 heteroatoms. The molecule has 1 N–H and O–H groups in total. The largest absolute Gasteiger partial charge is 0.504 e. The van der Waals surface area contributed by atoms with E-state index in [2.05, 4.69) is 5.10 Å². The molecule has 0 saturated heterocycles. The smallest absolute Gasteiger partial charge is 0.356 e. The monoisotopic (exact) mass is 274 g/mol. The number of esters is 1. The third-order valence-corrected chi connectivity index (χ3v) is 2.75. The molecule has 0 bridgehead atoms. The molecule has 1 aromatic carbocycles. The molecule has 2 aromatic rings. The second kappa shape index (κ2) is 5.56. The van der Waals surface area contributed by atoms with Gasteiger partial charge in [-0.2, -0.15) is 5.10 Å². The van der Waals surface area contributed by atoms with Gasteiger partial charge in [-0.3, -0.25) is 9.48 Å². The zero-order valence-electron chi connectivity index (χ0n) is 11.2. The number of nitrogens with zero attached hydrogens (tertiary/aromatic N) is 2. The average Bonchev–Trinajstić information content (AvgIpc) is 2.71. The van der Waals surface area contributed by atoms with Crippen LogP contribution in [0.4, 0.5) is 0 Å². The lowest BCUT2D eigenvalue weighted by Gasteiger charge is -1.99. The topological polar surface area (TPSA) is 81.4 Å². The number of aryl methyl sites for hydroxylation is 1. The number of carbonyl (C=O) groups excluding carboxylic acids is 1. The second-order valence-electron chi connectivity index (χ2n) is 4.10. The molecule has 0 saturated carbocycles. The fraction of sp³-hybridized carbons (Fsp3) is 0.214. The molecule has 0 aliphatic heterocycles. The minimum absolute atomic E-state index is 0.250. The van der Waals surface area contributed by atoms with E-state index in [1.54, 1.807) is 26.1 Å². The van der Waals surface area contributed by atoms with Gasteiger partial charge in [0.2, 0.25) is 5.43 Å². The van der Waals surface area contributed by atoms with E-state index < -0.39 is 17.1 Å². The highest BCUT2D eigenvalue weighted by molar-refractivity contribution is 5.89. The van der Waals surface area contributed by atoms with Gasteiger partial charge in [0.05, 0.1) is 12.3 Å². The van der Waals surface area contributed by atoms with Gasteiger partial charge in [0, 0.05) is 12.6 Å². The summed E-state index contributed by atoms with van der Waals surface area (Å²) >= 11 is 0. The summed E-state index contributed by atoms with van der Waals surface area (Å²) in [5.74, 6) is -0.903. The van der Waals surface area contributed by atoms with E-state index in [1.807, 2.05) is 0 Å². The molecule has 6 nitrogen and oxygen atoms in total. The van der Waals surface area contributed by atoms with Crippen molar-refractivity contribution in [2.75, 3.05) is 6.61 Å². The quantitative estimate of drug-likeness (QED) is 0.854. The fourth-order valence-electron chi connectivity index (χ4n) is 1.79. The molecule has 0 aliphatic rings. The van der Waals surface area contributed by atoms with Crippen LogP contribution in [0.1, 0.15) is 17.4 Å². The molecule has 104 valence electrons. The Morgan fingerprint density at radius 1 is 1.40 bits per heavy atom. The van der Waals surface area contributed by atoms with Crippen molar-refractivity contribution < 1.29 is 14.6 Å². The first-order valence-electron chi connectivity index (χ1n) is 6.08. The van der Waals surface area contributed by atoms with E-state index in [0.717, 1.165) is 0 Å². The van der Waals surface area contributed by atoms with Crippen molar-refractivity contribution >= 4 is 5.97 Å². The summed E-state index contributed by atoms with van der Waals surface area (Å²) in [6.07, 6.45) is 0. The first-order chi connectivity index (χ1) is 9.54. The Kier molecular flexibility index (Phi) is 3.84. The first-order valence-corrected chi connectivity index (χ1v) is 6.08. The van der Waals surface area contributed by atoms with Crippen molar-refractivity contribution in [3.8, 4) is 17.0 Å². The Bertz CT molecular complexity index is 707. The molecule has 1 aromatic heterocycles. The van der Waals surface area contributed by atoms with Gasteiger partial charge in [0.1, 0.15) is 5.69 Å². The predicted octanol–water partition coefficient (Wildman–Crippen LogP) is 1.33. The SMILES string of the molecule is CCOC(=O)c1cc(-c2ccccc(=O)c2O)nn1C. The van der Waals surface area contributed by atoms with Crippen molar-refractivity contribution in [3.05, 3.63) is 46.2 Å². The number of rotatable bonds is 3. The predicted molar refractivity (Wildman–Crippen MR) is 72.5 cm³/mol. The van der Waals surface area contributed by atoms with Gasteiger partial charge in [-0.05, 0) is 25.1 Å². The highest BCUT2D eigenvalue weighted by Gasteiger charge is 2.17. The molecule has 0 spiro atoms. The van der Waals surface area contributed by atoms with Gasteiger partial charge in [-0.15, -0.1) is 0 Å². The van der Waals surface area contributed by atoms with Crippen LogP contribution in [0, 0.1) is 0 Å². The van der Waals surface area contributed by atoms with Gasteiger partial charge in [-0.1, -0.05) is 12.1 Å². The van der Waals surface area contributed by atoms with Crippen molar-refractivity contribution in [1.82, 2.24) is 9.78 Å². The van der Waals surface area contributed by atoms with E-state index in [4.69, 9.17) is 4.74 Å². The standard InChI is InChI=1S/C14H14N2O4/c1-3-20-14(19)11-8-10(15-16(11)2)9-6-4-5-7-12(17)13(9)18/h4-8H,3H2,1-2H3,(H,17,18). The number of aromatic nitrogens is 2. The van der Waals surface area contributed by atoms with Crippen LogP contribution in [0.3, 0.4) is 0 Å². The number of ether oxygens (including phenoxy) is 1. The Morgan fingerprint density at radius 2 is 2.10 bits per heavy atom. The molecule has 0 fully saturated rings. The lowest BCUT2D eigenvalue weighted by atomic mass is 10.2. The third-order valence-electron chi connectivity index (χ3n) is 2.75. The van der Waals surface area contributed by atoms with Crippen LogP contribution >= 0.6 is 0 Å². The molecule has 0 atom stereocenters. The summed E-state index contributed by atoms with van der Waals surface area (Å²) in [6, 6.07) is 7.45. The van der Waals surface area contributed by atoms with Crippen molar-refractivity contribution in [2.45, 2.75) is 6.92 Å².